The molecule has 2 aromatic rings. The van der Waals surface area contributed by atoms with Crippen molar-refractivity contribution in [2.24, 2.45) is 11.7 Å². The number of rotatable bonds is 5. The molecule has 0 aromatic heterocycles. The highest BCUT2D eigenvalue weighted by Crippen LogP contribution is 2.24. The number of halogens is 1. The molecule has 0 saturated carbocycles. The third-order valence-electron chi connectivity index (χ3n) is 3.48. The number of hydrogen-bond acceptors (Lipinski definition) is 1. The molecule has 0 bridgehead atoms. The van der Waals surface area contributed by atoms with Crippen LogP contribution in [0.25, 0.3) is 11.1 Å². The Labute approximate surface area is 128 Å². The van der Waals surface area contributed by atoms with Gasteiger partial charge in [0.05, 0.1) is 0 Å². The van der Waals surface area contributed by atoms with Crippen LogP contribution in [0.3, 0.4) is 0 Å². The Kier molecular flexibility index (Phi) is 6.77. The highest BCUT2D eigenvalue weighted by molar-refractivity contribution is 5.85. The van der Waals surface area contributed by atoms with E-state index in [1.807, 2.05) is 6.07 Å². The normalized spacial score (nSPS) is 12.0. The molecule has 0 aliphatic rings. The first-order valence-corrected chi connectivity index (χ1v) is 7.08. The third kappa shape index (κ3) is 4.66. The van der Waals surface area contributed by atoms with Gasteiger partial charge in [-0.25, -0.2) is 0 Å². The Morgan fingerprint density at radius 3 is 2.15 bits per heavy atom. The lowest BCUT2D eigenvalue weighted by atomic mass is 9.95. The molecule has 1 nitrogen and oxygen atoms in total. The van der Waals surface area contributed by atoms with Crippen LogP contribution >= 0.6 is 12.4 Å². The van der Waals surface area contributed by atoms with Crippen LogP contribution in [0, 0.1) is 5.92 Å². The lowest BCUT2D eigenvalue weighted by molar-refractivity contribution is 0.507. The van der Waals surface area contributed by atoms with E-state index in [2.05, 4.69) is 62.4 Å². The summed E-state index contributed by atoms with van der Waals surface area (Å²) in [6.45, 7) is 4.49. The van der Waals surface area contributed by atoms with E-state index in [1.54, 1.807) is 0 Å². The topological polar surface area (TPSA) is 26.0 Å². The van der Waals surface area contributed by atoms with Gasteiger partial charge in [0.15, 0.2) is 0 Å². The van der Waals surface area contributed by atoms with Gasteiger partial charge in [0.2, 0.25) is 0 Å². The van der Waals surface area contributed by atoms with E-state index in [1.165, 1.54) is 23.1 Å². The summed E-state index contributed by atoms with van der Waals surface area (Å²) in [5.41, 5.74) is 10.0. The van der Waals surface area contributed by atoms with Gasteiger partial charge in [-0.1, -0.05) is 62.4 Å². The van der Waals surface area contributed by atoms with Crippen molar-refractivity contribution in [2.45, 2.75) is 32.7 Å². The summed E-state index contributed by atoms with van der Waals surface area (Å²) in [5.74, 6) is 0.711. The molecule has 0 aliphatic heterocycles. The van der Waals surface area contributed by atoms with Crippen molar-refractivity contribution in [3.05, 3.63) is 60.2 Å². The maximum atomic E-state index is 6.29. The van der Waals surface area contributed by atoms with E-state index in [0.29, 0.717) is 5.92 Å². The fourth-order valence-corrected chi connectivity index (χ4v) is 2.26. The molecule has 0 aliphatic carbocycles. The maximum Gasteiger partial charge on any atom is 0.0295 e. The van der Waals surface area contributed by atoms with Crippen LogP contribution in [0.4, 0.5) is 0 Å². The molecule has 2 rings (SSSR count). The average Bonchev–Trinajstić information content (AvgIpc) is 2.46. The van der Waals surface area contributed by atoms with Crippen LogP contribution < -0.4 is 5.73 Å². The van der Waals surface area contributed by atoms with E-state index in [0.717, 1.165) is 6.42 Å². The molecule has 0 spiro atoms. The standard InChI is InChI=1S/C18H23N.ClH/c1-14(2)11-12-18(19)17-10-6-9-16(13-17)15-7-4-3-5-8-15;/h3-10,13-14,18H,11-12,19H2,1-2H3;1H/t18-;/m1./s1. The second-order valence-electron chi connectivity index (χ2n) is 5.57. The van der Waals surface area contributed by atoms with Gasteiger partial charge in [-0.3, -0.25) is 0 Å². The predicted octanol–water partition coefficient (Wildman–Crippen LogP) is 5.21. The van der Waals surface area contributed by atoms with Gasteiger partial charge in [-0.15, -0.1) is 12.4 Å². The van der Waals surface area contributed by atoms with Gasteiger partial charge in [-0.05, 0) is 41.5 Å². The van der Waals surface area contributed by atoms with Gasteiger partial charge < -0.3 is 5.73 Å². The summed E-state index contributed by atoms with van der Waals surface area (Å²) in [4.78, 5) is 0. The maximum absolute atomic E-state index is 6.29. The van der Waals surface area contributed by atoms with E-state index in [9.17, 15) is 0 Å². The first-order valence-electron chi connectivity index (χ1n) is 7.08. The van der Waals surface area contributed by atoms with E-state index >= 15 is 0 Å². The summed E-state index contributed by atoms with van der Waals surface area (Å²) in [7, 11) is 0. The molecule has 0 unspecified atom stereocenters. The fraction of sp³-hybridized carbons (Fsp3) is 0.333. The van der Waals surface area contributed by atoms with Gasteiger partial charge in [0.1, 0.15) is 0 Å². The summed E-state index contributed by atoms with van der Waals surface area (Å²) in [6, 6.07) is 19.2. The largest absolute Gasteiger partial charge is 0.324 e. The SMILES string of the molecule is CC(C)CC[C@@H](N)c1cccc(-c2ccccc2)c1.Cl. The van der Waals surface area contributed by atoms with Crippen LogP contribution in [0.15, 0.2) is 54.6 Å². The monoisotopic (exact) mass is 289 g/mol. The van der Waals surface area contributed by atoms with Crippen molar-refractivity contribution >= 4 is 12.4 Å². The Bertz CT molecular complexity index is 508. The molecule has 1 atom stereocenters. The Morgan fingerprint density at radius 1 is 0.850 bits per heavy atom. The number of benzene rings is 2. The minimum absolute atomic E-state index is 0. The molecule has 0 heterocycles. The van der Waals surface area contributed by atoms with Gasteiger partial charge in [-0.2, -0.15) is 0 Å². The van der Waals surface area contributed by atoms with E-state index in [-0.39, 0.29) is 18.4 Å². The molecule has 2 aromatic carbocycles. The molecule has 0 fully saturated rings. The minimum Gasteiger partial charge on any atom is -0.324 e. The number of hydrogen-bond donors (Lipinski definition) is 1. The fourth-order valence-electron chi connectivity index (χ4n) is 2.26. The second-order valence-corrected chi connectivity index (χ2v) is 5.57. The average molecular weight is 290 g/mol. The highest BCUT2D eigenvalue weighted by atomic mass is 35.5. The van der Waals surface area contributed by atoms with Crippen molar-refractivity contribution in [3.63, 3.8) is 0 Å². The smallest absolute Gasteiger partial charge is 0.0295 e. The van der Waals surface area contributed by atoms with Crippen molar-refractivity contribution in [1.82, 2.24) is 0 Å². The zero-order valence-electron chi connectivity index (χ0n) is 12.3. The lowest BCUT2D eigenvalue weighted by Crippen LogP contribution is -2.11. The van der Waals surface area contributed by atoms with Gasteiger partial charge in [0, 0.05) is 6.04 Å². The van der Waals surface area contributed by atoms with Crippen LogP contribution in [0.5, 0.6) is 0 Å². The molecule has 20 heavy (non-hydrogen) atoms. The lowest BCUT2D eigenvalue weighted by Gasteiger charge is -2.14. The number of nitrogens with two attached hydrogens (primary N) is 1. The Morgan fingerprint density at radius 2 is 1.50 bits per heavy atom. The zero-order chi connectivity index (χ0) is 13.7. The Balaban J connectivity index is 0.00000200. The molecule has 0 saturated heterocycles. The van der Waals surface area contributed by atoms with Crippen molar-refractivity contribution in [3.8, 4) is 11.1 Å². The molecule has 0 radical (unpaired) electrons. The predicted molar refractivity (Wildman–Crippen MR) is 90.1 cm³/mol. The van der Waals surface area contributed by atoms with Crippen LogP contribution in [0.1, 0.15) is 38.3 Å². The molecule has 0 amide bonds. The molecular formula is C18H24ClN. The zero-order valence-corrected chi connectivity index (χ0v) is 13.1. The van der Waals surface area contributed by atoms with Gasteiger partial charge >= 0.3 is 0 Å². The third-order valence-corrected chi connectivity index (χ3v) is 3.48. The van der Waals surface area contributed by atoms with Crippen LogP contribution in [0.2, 0.25) is 0 Å². The van der Waals surface area contributed by atoms with Gasteiger partial charge in [0.25, 0.3) is 0 Å². The first kappa shape index (κ1) is 16.7. The first-order chi connectivity index (χ1) is 9.16. The van der Waals surface area contributed by atoms with Crippen LogP contribution in [-0.4, -0.2) is 0 Å². The summed E-state index contributed by atoms with van der Waals surface area (Å²) < 4.78 is 0. The molecule has 2 N–H and O–H groups in total. The minimum atomic E-state index is 0. The van der Waals surface area contributed by atoms with Crippen molar-refractivity contribution in [1.29, 1.82) is 0 Å². The quantitative estimate of drug-likeness (QED) is 0.803. The van der Waals surface area contributed by atoms with E-state index in [4.69, 9.17) is 5.73 Å². The second kappa shape index (κ2) is 8.08. The summed E-state index contributed by atoms with van der Waals surface area (Å²) >= 11 is 0. The molecular weight excluding hydrogens is 266 g/mol. The summed E-state index contributed by atoms with van der Waals surface area (Å²) in [6.07, 6.45) is 2.23. The molecule has 108 valence electrons. The van der Waals surface area contributed by atoms with Crippen molar-refractivity contribution < 1.29 is 0 Å². The summed E-state index contributed by atoms with van der Waals surface area (Å²) in [5, 5.41) is 0. The van der Waals surface area contributed by atoms with Crippen LogP contribution in [-0.2, 0) is 0 Å². The highest BCUT2D eigenvalue weighted by Gasteiger charge is 2.08. The Hall–Kier alpha value is -1.31. The molecule has 2 heteroatoms. The van der Waals surface area contributed by atoms with E-state index < -0.39 is 0 Å². The van der Waals surface area contributed by atoms with Crippen molar-refractivity contribution in [2.75, 3.05) is 0 Å².